The summed E-state index contributed by atoms with van der Waals surface area (Å²) in [6, 6.07) is 4.75. The zero-order valence-corrected chi connectivity index (χ0v) is 20.1. The standard InChI is InChI=1S/C22H30N6O4S/c1-4-11-28-19-8-7-17(33(30,31)27-12-5-6-13-27)14-18(19)25-20(28)9-10-21(29)23-15(2)22-24-16(3)26-32-22/h7-8,14-15H,4-6,9-13H2,1-3H3,(H,23,29). The van der Waals surface area contributed by atoms with Gasteiger partial charge in [-0.2, -0.15) is 9.29 Å². The highest BCUT2D eigenvalue weighted by Crippen LogP contribution is 2.26. The summed E-state index contributed by atoms with van der Waals surface area (Å²) in [6.07, 6.45) is 3.35. The Morgan fingerprint density at radius 3 is 2.67 bits per heavy atom. The summed E-state index contributed by atoms with van der Waals surface area (Å²) in [5.74, 6) is 1.50. The molecule has 1 aliphatic rings. The molecular weight excluding hydrogens is 444 g/mol. The van der Waals surface area contributed by atoms with Crippen LogP contribution in [-0.2, 0) is 27.8 Å². The number of fused-ring (bicyclic) bond motifs is 1. The molecule has 4 rings (SSSR count). The fourth-order valence-corrected chi connectivity index (χ4v) is 5.69. The Balaban J connectivity index is 1.51. The van der Waals surface area contributed by atoms with Gasteiger partial charge in [0.05, 0.1) is 15.9 Å². The van der Waals surface area contributed by atoms with Crippen molar-refractivity contribution in [2.75, 3.05) is 13.1 Å². The summed E-state index contributed by atoms with van der Waals surface area (Å²) in [5.41, 5.74) is 1.51. The number of hydrogen-bond acceptors (Lipinski definition) is 7. The van der Waals surface area contributed by atoms with Crippen molar-refractivity contribution in [1.82, 2.24) is 29.3 Å². The van der Waals surface area contributed by atoms with E-state index >= 15 is 0 Å². The van der Waals surface area contributed by atoms with Crippen LogP contribution >= 0.6 is 0 Å². The third kappa shape index (κ3) is 4.93. The SMILES string of the molecule is CCCn1c(CCC(=O)NC(C)c2nc(C)no2)nc2cc(S(=O)(=O)N3CCCC3)ccc21. The van der Waals surface area contributed by atoms with Gasteiger partial charge in [0.1, 0.15) is 11.9 Å². The van der Waals surface area contributed by atoms with Crippen molar-refractivity contribution in [2.45, 2.75) is 70.4 Å². The molecular formula is C22H30N6O4S. The van der Waals surface area contributed by atoms with Gasteiger partial charge in [0.25, 0.3) is 0 Å². The topological polar surface area (TPSA) is 123 Å². The van der Waals surface area contributed by atoms with E-state index in [1.807, 2.05) is 6.07 Å². The van der Waals surface area contributed by atoms with Gasteiger partial charge in [-0.05, 0) is 51.3 Å². The summed E-state index contributed by atoms with van der Waals surface area (Å²) in [6.45, 7) is 7.45. The predicted octanol–water partition coefficient (Wildman–Crippen LogP) is 2.73. The zero-order valence-electron chi connectivity index (χ0n) is 19.2. The van der Waals surface area contributed by atoms with E-state index < -0.39 is 10.0 Å². The lowest BCUT2D eigenvalue weighted by Gasteiger charge is -2.15. The van der Waals surface area contributed by atoms with Crippen LogP contribution in [0.15, 0.2) is 27.6 Å². The summed E-state index contributed by atoms with van der Waals surface area (Å²) in [4.78, 5) is 21.6. The van der Waals surface area contributed by atoms with Crippen molar-refractivity contribution in [3.8, 4) is 0 Å². The summed E-state index contributed by atoms with van der Waals surface area (Å²) in [5, 5.41) is 6.62. The van der Waals surface area contributed by atoms with Crippen molar-refractivity contribution >= 4 is 27.0 Å². The van der Waals surface area contributed by atoms with Gasteiger partial charge in [-0.3, -0.25) is 4.79 Å². The van der Waals surface area contributed by atoms with Crippen molar-refractivity contribution in [1.29, 1.82) is 0 Å². The highest BCUT2D eigenvalue weighted by molar-refractivity contribution is 7.89. The molecule has 10 nitrogen and oxygen atoms in total. The first-order chi connectivity index (χ1) is 15.8. The molecule has 0 radical (unpaired) electrons. The largest absolute Gasteiger partial charge is 0.345 e. The molecule has 1 saturated heterocycles. The van der Waals surface area contributed by atoms with E-state index in [1.165, 1.54) is 4.31 Å². The second-order valence-electron chi connectivity index (χ2n) is 8.41. The van der Waals surface area contributed by atoms with Gasteiger partial charge >= 0.3 is 0 Å². The lowest BCUT2D eigenvalue weighted by Crippen LogP contribution is -2.27. The van der Waals surface area contributed by atoms with Crippen LogP contribution in [0.25, 0.3) is 11.0 Å². The summed E-state index contributed by atoms with van der Waals surface area (Å²) >= 11 is 0. The molecule has 1 unspecified atom stereocenters. The quantitative estimate of drug-likeness (QED) is 0.506. The highest BCUT2D eigenvalue weighted by Gasteiger charge is 2.28. The number of nitrogens with zero attached hydrogens (tertiary/aromatic N) is 5. The summed E-state index contributed by atoms with van der Waals surface area (Å²) in [7, 11) is -3.51. The van der Waals surface area contributed by atoms with Crippen molar-refractivity contribution < 1.29 is 17.7 Å². The molecule has 178 valence electrons. The van der Waals surface area contributed by atoms with E-state index in [2.05, 4.69) is 26.9 Å². The predicted molar refractivity (Wildman–Crippen MR) is 122 cm³/mol. The average molecular weight is 475 g/mol. The number of aromatic nitrogens is 4. The number of rotatable bonds is 9. The average Bonchev–Trinajstić information content (AvgIpc) is 3.53. The number of imidazole rings is 1. The van der Waals surface area contributed by atoms with E-state index in [9.17, 15) is 13.2 Å². The Labute approximate surface area is 193 Å². The molecule has 11 heteroatoms. The zero-order chi connectivity index (χ0) is 23.6. The molecule has 2 aromatic heterocycles. The number of benzene rings is 1. The van der Waals surface area contributed by atoms with E-state index in [0.29, 0.717) is 36.7 Å². The van der Waals surface area contributed by atoms with E-state index in [4.69, 9.17) is 9.51 Å². The van der Waals surface area contributed by atoms with Crippen molar-refractivity contribution in [3.05, 3.63) is 35.7 Å². The number of aryl methyl sites for hydroxylation is 3. The second kappa shape index (κ2) is 9.60. The van der Waals surface area contributed by atoms with Crippen molar-refractivity contribution in [2.24, 2.45) is 0 Å². The van der Waals surface area contributed by atoms with Gasteiger partial charge < -0.3 is 14.4 Å². The van der Waals surface area contributed by atoms with Crippen LogP contribution in [0.3, 0.4) is 0 Å². The maximum atomic E-state index is 13.0. The van der Waals surface area contributed by atoms with Crippen LogP contribution in [0, 0.1) is 6.92 Å². The number of carbonyl (C=O) groups excluding carboxylic acids is 1. The maximum Gasteiger partial charge on any atom is 0.248 e. The molecule has 1 aliphatic heterocycles. The Morgan fingerprint density at radius 1 is 1.24 bits per heavy atom. The lowest BCUT2D eigenvalue weighted by molar-refractivity contribution is -0.121. The minimum Gasteiger partial charge on any atom is -0.345 e. The van der Waals surface area contributed by atoms with Gasteiger partial charge in [0.2, 0.25) is 21.8 Å². The normalized spacial score (nSPS) is 15.8. The van der Waals surface area contributed by atoms with Gasteiger partial charge in [-0.25, -0.2) is 13.4 Å². The fourth-order valence-electron chi connectivity index (χ4n) is 4.15. The Kier molecular flexibility index (Phi) is 6.80. The van der Waals surface area contributed by atoms with Crippen LogP contribution in [0.1, 0.15) is 63.1 Å². The number of amides is 1. The molecule has 3 aromatic rings. The third-order valence-electron chi connectivity index (χ3n) is 5.82. The second-order valence-corrected chi connectivity index (χ2v) is 10.3. The highest BCUT2D eigenvalue weighted by atomic mass is 32.2. The van der Waals surface area contributed by atoms with E-state index in [0.717, 1.165) is 37.1 Å². The van der Waals surface area contributed by atoms with Crippen LogP contribution < -0.4 is 5.32 Å². The molecule has 33 heavy (non-hydrogen) atoms. The number of nitrogens with one attached hydrogen (secondary N) is 1. The van der Waals surface area contributed by atoms with Gasteiger partial charge in [0, 0.05) is 32.5 Å². The molecule has 0 aliphatic carbocycles. The molecule has 0 spiro atoms. The molecule has 0 saturated carbocycles. The van der Waals surface area contributed by atoms with Crippen molar-refractivity contribution in [3.63, 3.8) is 0 Å². The first-order valence-electron chi connectivity index (χ1n) is 11.4. The van der Waals surface area contributed by atoms with Gasteiger partial charge in [-0.15, -0.1) is 0 Å². The van der Waals surface area contributed by atoms with Crippen LogP contribution in [0.2, 0.25) is 0 Å². The summed E-state index contributed by atoms with van der Waals surface area (Å²) < 4.78 is 34.6. The number of sulfonamides is 1. The van der Waals surface area contributed by atoms with E-state index in [-0.39, 0.29) is 23.3 Å². The smallest absolute Gasteiger partial charge is 0.248 e. The van der Waals surface area contributed by atoms with Gasteiger partial charge in [0.15, 0.2) is 5.82 Å². The third-order valence-corrected chi connectivity index (χ3v) is 7.71. The molecule has 3 heterocycles. The van der Waals surface area contributed by atoms with Crippen LogP contribution in [-0.4, -0.2) is 51.4 Å². The molecule has 0 bridgehead atoms. The lowest BCUT2D eigenvalue weighted by atomic mass is 10.2. The Bertz CT molecular complexity index is 1240. The molecule has 1 aromatic carbocycles. The molecule has 1 fully saturated rings. The first-order valence-corrected chi connectivity index (χ1v) is 12.8. The van der Waals surface area contributed by atoms with Gasteiger partial charge in [-0.1, -0.05) is 12.1 Å². The Hall–Kier alpha value is -2.79. The maximum absolute atomic E-state index is 13.0. The fraction of sp³-hybridized carbons (Fsp3) is 0.545. The minimum atomic E-state index is -3.51. The minimum absolute atomic E-state index is 0.147. The molecule has 1 amide bonds. The number of hydrogen-bond donors (Lipinski definition) is 1. The van der Waals surface area contributed by atoms with Crippen LogP contribution in [0.4, 0.5) is 0 Å². The molecule has 1 N–H and O–H groups in total. The van der Waals surface area contributed by atoms with Crippen LogP contribution in [0.5, 0.6) is 0 Å². The monoisotopic (exact) mass is 474 g/mol. The first kappa shape index (κ1) is 23.4. The number of carbonyl (C=O) groups is 1. The Morgan fingerprint density at radius 2 is 2.00 bits per heavy atom. The van der Waals surface area contributed by atoms with E-state index in [1.54, 1.807) is 26.0 Å². The molecule has 1 atom stereocenters.